The number of anilines is 2. The molecule has 3 aliphatic heterocycles. The quantitative estimate of drug-likeness (QED) is 0.817. The molecule has 3 aliphatic rings. The highest BCUT2D eigenvalue weighted by molar-refractivity contribution is 7.07. The molecule has 26 heavy (non-hydrogen) atoms. The average Bonchev–Trinajstić information content (AvgIpc) is 2.97. The Hall–Kier alpha value is -2.22. The molecular formula is C18H24N6OS. The van der Waals surface area contributed by atoms with E-state index >= 15 is 0 Å². The van der Waals surface area contributed by atoms with Gasteiger partial charge >= 0.3 is 0 Å². The average molecular weight is 372 g/mol. The summed E-state index contributed by atoms with van der Waals surface area (Å²) < 4.78 is 0. The van der Waals surface area contributed by atoms with Crippen LogP contribution in [0.3, 0.4) is 0 Å². The van der Waals surface area contributed by atoms with Gasteiger partial charge in [0, 0.05) is 50.4 Å². The first-order valence-corrected chi connectivity index (χ1v) is 9.91. The molecule has 2 atom stereocenters. The highest BCUT2D eigenvalue weighted by Gasteiger charge is 2.41. The number of rotatable bonds is 4. The molecular weight excluding hydrogens is 348 g/mol. The number of hydrogen-bond acceptors (Lipinski definition) is 7. The third-order valence-electron chi connectivity index (χ3n) is 5.16. The largest absolute Gasteiger partial charge is 0.354 e. The SMILES string of the molecule is Cc1cc(N2C[C@H]3CC[C@@H](C2)N(Cc2cscn2)C3=O)nc(N(C)C)n1. The van der Waals surface area contributed by atoms with Gasteiger partial charge in [-0.3, -0.25) is 4.79 Å². The van der Waals surface area contributed by atoms with E-state index in [0.29, 0.717) is 12.5 Å². The molecule has 138 valence electrons. The van der Waals surface area contributed by atoms with Crippen LogP contribution < -0.4 is 9.80 Å². The van der Waals surface area contributed by atoms with E-state index in [1.807, 2.05) is 47.8 Å². The Morgan fingerprint density at radius 1 is 1.27 bits per heavy atom. The molecule has 5 heterocycles. The Bertz CT molecular complexity index is 793. The zero-order chi connectivity index (χ0) is 18.3. The number of hydrogen-bond donors (Lipinski definition) is 0. The van der Waals surface area contributed by atoms with Crippen LogP contribution >= 0.6 is 11.3 Å². The van der Waals surface area contributed by atoms with Gasteiger partial charge < -0.3 is 14.7 Å². The third kappa shape index (κ3) is 3.25. The minimum atomic E-state index is 0.0328. The van der Waals surface area contributed by atoms with Crippen LogP contribution in [0.25, 0.3) is 0 Å². The normalized spacial score (nSPS) is 22.7. The molecule has 1 amide bonds. The van der Waals surface area contributed by atoms with Gasteiger partial charge in [-0.25, -0.2) is 9.97 Å². The molecule has 0 saturated carbocycles. The van der Waals surface area contributed by atoms with Gasteiger partial charge in [-0.1, -0.05) is 0 Å². The summed E-state index contributed by atoms with van der Waals surface area (Å²) in [5.74, 6) is 1.92. The van der Waals surface area contributed by atoms with E-state index < -0.39 is 0 Å². The number of amides is 1. The Kier molecular flexibility index (Phi) is 4.52. The van der Waals surface area contributed by atoms with E-state index in [9.17, 15) is 4.79 Å². The Labute approximate surface area is 157 Å². The van der Waals surface area contributed by atoms with E-state index in [4.69, 9.17) is 4.98 Å². The van der Waals surface area contributed by atoms with Gasteiger partial charge in [-0.15, -0.1) is 11.3 Å². The van der Waals surface area contributed by atoms with Crippen LogP contribution in [0, 0.1) is 12.8 Å². The molecule has 0 N–H and O–H groups in total. The summed E-state index contributed by atoms with van der Waals surface area (Å²) in [5, 5.41) is 2.03. The maximum Gasteiger partial charge on any atom is 0.228 e. The summed E-state index contributed by atoms with van der Waals surface area (Å²) in [4.78, 5) is 32.8. The van der Waals surface area contributed by atoms with Gasteiger partial charge in [0.05, 0.1) is 23.7 Å². The summed E-state index contributed by atoms with van der Waals surface area (Å²) in [6.45, 7) is 4.15. The molecule has 2 aromatic heterocycles. The summed E-state index contributed by atoms with van der Waals surface area (Å²) in [5.41, 5.74) is 3.76. The van der Waals surface area contributed by atoms with Crippen molar-refractivity contribution in [2.75, 3.05) is 37.0 Å². The minimum Gasteiger partial charge on any atom is -0.354 e. The number of fused-ring (bicyclic) bond motifs is 4. The summed E-state index contributed by atoms with van der Waals surface area (Å²) >= 11 is 1.58. The molecule has 0 unspecified atom stereocenters. The highest BCUT2D eigenvalue weighted by atomic mass is 32.1. The fraction of sp³-hybridized carbons (Fsp3) is 0.556. The smallest absolute Gasteiger partial charge is 0.228 e. The lowest BCUT2D eigenvalue weighted by molar-refractivity contribution is -0.140. The number of carbonyl (C=O) groups excluding carboxylic acids is 1. The van der Waals surface area contributed by atoms with Crippen molar-refractivity contribution in [2.45, 2.75) is 32.4 Å². The predicted molar refractivity (Wildman–Crippen MR) is 102 cm³/mol. The highest BCUT2D eigenvalue weighted by Crippen LogP contribution is 2.32. The molecule has 0 radical (unpaired) electrons. The lowest BCUT2D eigenvalue weighted by atomic mass is 9.94. The van der Waals surface area contributed by atoms with Crippen LogP contribution in [-0.4, -0.2) is 59.0 Å². The molecule has 8 heteroatoms. The topological polar surface area (TPSA) is 65.5 Å². The maximum absolute atomic E-state index is 13.0. The zero-order valence-corrected chi connectivity index (χ0v) is 16.2. The summed E-state index contributed by atoms with van der Waals surface area (Å²) in [7, 11) is 3.90. The van der Waals surface area contributed by atoms with Crippen LogP contribution in [0.1, 0.15) is 24.2 Å². The van der Waals surface area contributed by atoms with Gasteiger partial charge in [0.1, 0.15) is 5.82 Å². The van der Waals surface area contributed by atoms with Crippen molar-refractivity contribution in [3.8, 4) is 0 Å². The van der Waals surface area contributed by atoms with Crippen molar-refractivity contribution in [3.05, 3.63) is 28.3 Å². The van der Waals surface area contributed by atoms with Gasteiger partial charge in [-0.05, 0) is 19.8 Å². The minimum absolute atomic E-state index is 0.0328. The second kappa shape index (κ2) is 6.83. The van der Waals surface area contributed by atoms with Crippen LogP contribution in [0.5, 0.6) is 0 Å². The Morgan fingerprint density at radius 3 is 2.85 bits per heavy atom. The van der Waals surface area contributed by atoms with Crippen LogP contribution in [0.2, 0.25) is 0 Å². The Balaban J connectivity index is 1.61. The van der Waals surface area contributed by atoms with Crippen molar-refractivity contribution in [3.63, 3.8) is 0 Å². The maximum atomic E-state index is 13.0. The fourth-order valence-corrected chi connectivity index (χ4v) is 4.37. The van der Waals surface area contributed by atoms with E-state index in [1.165, 1.54) is 0 Å². The van der Waals surface area contributed by atoms with E-state index in [1.54, 1.807) is 11.3 Å². The molecule has 3 fully saturated rings. The van der Waals surface area contributed by atoms with Gasteiger partial charge in [0.25, 0.3) is 0 Å². The van der Waals surface area contributed by atoms with E-state index in [-0.39, 0.29) is 17.9 Å². The monoisotopic (exact) mass is 372 g/mol. The van der Waals surface area contributed by atoms with Gasteiger partial charge in [0.2, 0.25) is 11.9 Å². The zero-order valence-electron chi connectivity index (χ0n) is 15.4. The number of thiazole rings is 1. The molecule has 5 rings (SSSR count). The van der Waals surface area contributed by atoms with Crippen molar-refractivity contribution in [1.82, 2.24) is 19.9 Å². The molecule has 3 saturated heterocycles. The van der Waals surface area contributed by atoms with Crippen LogP contribution in [0.4, 0.5) is 11.8 Å². The first kappa shape index (κ1) is 17.2. The van der Waals surface area contributed by atoms with Crippen LogP contribution in [-0.2, 0) is 11.3 Å². The number of aryl methyl sites for hydroxylation is 1. The first-order valence-electron chi connectivity index (χ1n) is 8.97. The second-order valence-corrected chi connectivity index (χ2v) is 8.06. The van der Waals surface area contributed by atoms with Crippen molar-refractivity contribution in [2.24, 2.45) is 5.92 Å². The standard InChI is InChI=1S/C18H24N6OS/c1-12-6-16(21-18(20-12)22(2)3)23-7-13-4-5-15(9-23)24(17(13)25)8-14-10-26-11-19-14/h6,10-11,13,15H,4-5,7-9H2,1-3H3/t13-,15+/m1/s1. The van der Waals surface area contributed by atoms with E-state index in [2.05, 4.69) is 14.9 Å². The van der Waals surface area contributed by atoms with Crippen LogP contribution in [0.15, 0.2) is 17.0 Å². The van der Waals surface area contributed by atoms with Crippen molar-refractivity contribution < 1.29 is 4.79 Å². The third-order valence-corrected chi connectivity index (χ3v) is 5.80. The molecule has 0 aliphatic carbocycles. The molecule has 7 nitrogen and oxygen atoms in total. The summed E-state index contributed by atoms with van der Waals surface area (Å²) in [6.07, 6.45) is 2.00. The molecule has 0 aromatic carbocycles. The first-order chi connectivity index (χ1) is 12.5. The van der Waals surface area contributed by atoms with E-state index in [0.717, 1.165) is 43.1 Å². The molecule has 2 aromatic rings. The second-order valence-electron chi connectivity index (χ2n) is 7.34. The van der Waals surface area contributed by atoms with Crippen molar-refractivity contribution >= 4 is 29.0 Å². The number of nitrogens with zero attached hydrogens (tertiary/aromatic N) is 6. The van der Waals surface area contributed by atoms with Gasteiger partial charge in [0.15, 0.2) is 0 Å². The molecule has 2 bridgehead atoms. The fourth-order valence-electron chi connectivity index (χ4n) is 3.82. The van der Waals surface area contributed by atoms with Gasteiger partial charge in [-0.2, -0.15) is 4.98 Å². The summed E-state index contributed by atoms with van der Waals surface area (Å²) in [6, 6.07) is 2.23. The Morgan fingerprint density at radius 2 is 2.12 bits per heavy atom. The number of aromatic nitrogens is 3. The number of piperidine rings is 1. The lowest BCUT2D eigenvalue weighted by Crippen LogP contribution is -2.47. The van der Waals surface area contributed by atoms with Crippen molar-refractivity contribution in [1.29, 1.82) is 0 Å². The predicted octanol–water partition coefficient (Wildman–Crippen LogP) is 1.93. The lowest BCUT2D eigenvalue weighted by Gasteiger charge is -2.35. The molecule has 0 spiro atoms. The number of carbonyl (C=O) groups is 1.